The molecule has 2 N–H and O–H groups in total. The number of anilines is 1. The lowest BCUT2D eigenvalue weighted by Crippen LogP contribution is -2.36. The summed E-state index contributed by atoms with van der Waals surface area (Å²) >= 11 is 0. The number of fused-ring (bicyclic) bond motifs is 1. The third-order valence-corrected chi connectivity index (χ3v) is 5.41. The van der Waals surface area contributed by atoms with Crippen molar-refractivity contribution in [2.45, 2.75) is 13.0 Å². The first-order chi connectivity index (χ1) is 14.8. The number of ether oxygens (including phenoxy) is 1. The Morgan fingerprint density at radius 1 is 1.00 bits per heavy atom. The summed E-state index contributed by atoms with van der Waals surface area (Å²) in [6.07, 6.45) is 4.27. The first-order valence-electron chi connectivity index (χ1n) is 10.2. The van der Waals surface area contributed by atoms with Crippen molar-refractivity contribution < 1.29 is 4.74 Å². The van der Waals surface area contributed by atoms with Crippen LogP contribution in [0.1, 0.15) is 17.0 Å². The zero-order valence-electron chi connectivity index (χ0n) is 16.7. The van der Waals surface area contributed by atoms with Crippen molar-refractivity contribution in [3.05, 3.63) is 77.9 Å². The monoisotopic (exact) mass is 400 g/mol. The summed E-state index contributed by atoms with van der Waals surface area (Å²) in [4.78, 5) is 11.7. The molecular formula is C23H24N6O. The van der Waals surface area contributed by atoms with E-state index in [0.717, 1.165) is 54.6 Å². The normalized spacial score (nSPS) is 14.4. The van der Waals surface area contributed by atoms with Crippen LogP contribution in [0.3, 0.4) is 0 Å². The Kier molecular flexibility index (Phi) is 5.13. The maximum absolute atomic E-state index is 5.79. The lowest BCUT2D eigenvalue weighted by molar-refractivity contribution is 0.122. The molecule has 3 heterocycles. The van der Waals surface area contributed by atoms with Gasteiger partial charge in [0, 0.05) is 49.7 Å². The predicted octanol–water partition coefficient (Wildman–Crippen LogP) is 2.68. The fourth-order valence-corrected chi connectivity index (χ4v) is 3.81. The van der Waals surface area contributed by atoms with Crippen LogP contribution in [-0.2, 0) is 17.7 Å². The molecule has 0 amide bonds. The summed E-state index contributed by atoms with van der Waals surface area (Å²) < 4.78 is 7.24. The van der Waals surface area contributed by atoms with Gasteiger partial charge in [-0.05, 0) is 29.3 Å². The van der Waals surface area contributed by atoms with E-state index in [0.29, 0.717) is 13.0 Å². The molecule has 1 aliphatic rings. The van der Waals surface area contributed by atoms with Crippen molar-refractivity contribution in [2.24, 2.45) is 5.73 Å². The van der Waals surface area contributed by atoms with Crippen LogP contribution in [-0.4, -0.2) is 45.9 Å². The van der Waals surface area contributed by atoms with E-state index < -0.39 is 0 Å². The quantitative estimate of drug-likeness (QED) is 0.555. The number of rotatable bonds is 5. The minimum Gasteiger partial charge on any atom is -0.378 e. The second kappa shape index (κ2) is 8.22. The summed E-state index contributed by atoms with van der Waals surface area (Å²) in [7, 11) is 0. The highest BCUT2D eigenvalue weighted by Crippen LogP contribution is 2.23. The number of hydrogen-bond acceptors (Lipinski definition) is 6. The van der Waals surface area contributed by atoms with Crippen molar-refractivity contribution in [1.82, 2.24) is 19.6 Å². The summed E-state index contributed by atoms with van der Waals surface area (Å²) in [6.45, 7) is 3.95. The zero-order valence-corrected chi connectivity index (χ0v) is 16.7. The second-order valence-corrected chi connectivity index (χ2v) is 7.42. The molecule has 7 heteroatoms. The number of morpholine rings is 1. The average molecular weight is 400 g/mol. The van der Waals surface area contributed by atoms with Crippen molar-refractivity contribution in [3.63, 3.8) is 0 Å². The fraction of sp³-hybridized carbons (Fsp3) is 0.261. The molecule has 7 nitrogen and oxygen atoms in total. The van der Waals surface area contributed by atoms with Gasteiger partial charge in [0.25, 0.3) is 0 Å². The van der Waals surface area contributed by atoms with Crippen LogP contribution >= 0.6 is 0 Å². The van der Waals surface area contributed by atoms with Gasteiger partial charge in [0.15, 0.2) is 11.5 Å². The maximum atomic E-state index is 5.79. The summed E-state index contributed by atoms with van der Waals surface area (Å²) in [6, 6.07) is 16.7. The van der Waals surface area contributed by atoms with E-state index in [4.69, 9.17) is 15.5 Å². The Bertz CT molecular complexity index is 1150. The van der Waals surface area contributed by atoms with Crippen molar-refractivity contribution in [2.75, 3.05) is 31.2 Å². The summed E-state index contributed by atoms with van der Waals surface area (Å²) in [5.74, 6) is 0.776. The van der Waals surface area contributed by atoms with Gasteiger partial charge in [0.1, 0.15) is 5.69 Å². The van der Waals surface area contributed by atoms with Gasteiger partial charge in [0.2, 0.25) is 0 Å². The van der Waals surface area contributed by atoms with Crippen molar-refractivity contribution >= 4 is 11.3 Å². The van der Waals surface area contributed by atoms with Crippen LogP contribution in [0.2, 0.25) is 0 Å². The molecule has 0 aliphatic carbocycles. The molecule has 1 fully saturated rings. The molecule has 0 bridgehead atoms. The van der Waals surface area contributed by atoms with Crippen molar-refractivity contribution in [1.29, 1.82) is 0 Å². The van der Waals surface area contributed by atoms with Crippen molar-refractivity contribution in [3.8, 4) is 11.3 Å². The first kappa shape index (κ1) is 18.7. The molecule has 0 radical (unpaired) electrons. The third kappa shape index (κ3) is 3.77. The highest BCUT2D eigenvalue weighted by molar-refractivity contribution is 5.73. The lowest BCUT2D eigenvalue weighted by Gasteiger charge is -2.28. The zero-order chi connectivity index (χ0) is 20.3. The number of nitrogens with zero attached hydrogens (tertiary/aromatic N) is 5. The molecule has 4 aromatic rings. The van der Waals surface area contributed by atoms with Gasteiger partial charge >= 0.3 is 0 Å². The molecule has 0 saturated carbocycles. The molecular weight excluding hydrogens is 376 g/mol. The minimum absolute atomic E-state index is 0.495. The second-order valence-electron chi connectivity index (χ2n) is 7.42. The van der Waals surface area contributed by atoms with Gasteiger partial charge in [0.05, 0.1) is 13.2 Å². The van der Waals surface area contributed by atoms with Crippen LogP contribution in [0.5, 0.6) is 0 Å². The highest BCUT2D eigenvalue weighted by atomic mass is 16.5. The van der Waals surface area contributed by atoms with Gasteiger partial charge in [-0.15, -0.1) is 0 Å². The Labute approximate surface area is 175 Å². The molecule has 0 atom stereocenters. The number of nitrogens with two attached hydrogens (primary N) is 1. The molecule has 5 rings (SSSR count). The van der Waals surface area contributed by atoms with Crippen LogP contribution in [0, 0.1) is 0 Å². The number of hydrogen-bond donors (Lipinski definition) is 1. The topological polar surface area (TPSA) is 81.6 Å². The Morgan fingerprint density at radius 3 is 2.63 bits per heavy atom. The van der Waals surface area contributed by atoms with E-state index in [1.165, 1.54) is 11.3 Å². The first-order valence-corrected chi connectivity index (χ1v) is 10.2. The third-order valence-electron chi connectivity index (χ3n) is 5.41. The van der Waals surface area contributed by atoms with E-state index in [9.17, 15) is 0 Å². The number of benzene rings is 2. The standard InChI is InChI=1S/C23H24N6O/c24-16-18-2-1-3-19(14-18)22-23-26-21(27-29(23)9-8-25-22)15-17-4-6-20(7-5-17)28-10-12-30-13-11-28/h1-9,14H,10-13,15-16,24H2. The van der Waals surface area contributed by atoms with E-state index in [1.807, 2.05) is 24.4 Å². The Morgan fingerprint density at radius 2 is 1.83 bits per heavy atom. The van der Waals surface area contributed by atoms with E-state index in [2.05, 4.69) is 45.3 Å². The fourth-order valence-electron chi connectivity index (χ4n) is 3.81. The van der Waals surface area contributed by atoms with E-state index in [1.54, 1.807) is 10.7 Å². The minimum atomic E-state index is 0.495. The largest absolute Gasteiger partial charge is 0.378 e. The summed E-state index contributed by atoms with van der Waals surface area (Å²) in [5, 5.41) is 4.66. The predicted molar refractivity (Wildman–Crippen MR) is 116 cm³/mol. The van der Waals surface area contributed by atoms with Crippen LogP contribution in [0.25, 0.3) is 16.9 Å². The van der Waals surface area contributed by atoms with Gasteiger partial charge in [-0.25, -0.2) is 9.50 Å². The molecule has 152 valence electrons. The lowest BCUT2D eigenvalue weighted by atomic mass is 10.1. The van der Waals surface area contributed by atoms with Gasteiger partial charge in [-0.3, -0.25) is 4.98 Å². The van der Waals surface area contributed by atoms with Gasteiger partial charge in [-0.2, -0.15) is 5.10 Å². The van der Waals surface area contributed by atoms with Gasteiger partial charge in [-0.1, -0.05) is 30.3 Å². The summed E-state index contributed by atoms with van der Waals surface area (Å²) in [5.41, 5.74) is 11.8. The molecule has 2 aromatic heterocycles. The van der Waals surface area contributed by atoms with Crippen LogP contribution in [0.4, 0.5) is 5.69 Å². The number of aromatic nitrogens is 4. The Hall–Kier alpha value is -3.29. The SMILES string of the molecule is NCc1cccc(-c2nccn3nc(Cc4ccc(N5CCOCC5)cc4)nc23)c1. The molecule has 0 unspecified atom stereocenters. The van der Waals surface area contributed by atoms with Crippen LogP contribution in [0.15, 0.2) is 60.9 Å². The van der Waals surface area contributed by atoms with E-state index in [-0.39, 0.29) is 0 Å². The maximum Gasteiger partial charge on any atom is 0.181 e. The molecule has 1 saturated heterocycles. The van der Waals surface area contributed by atoms with E-state index >= 15 is 0 Å². The average Bonchev–Trinajstić information content (AvgIpc) is 3.22. The Balaban J connectivity index is 1.40. The highest BCUT2D eigenvalue weighted by Gasteiger charge is 2.13. The molecule has 2 aromatic carbocycles. The smallest absolute Gasteiger partial charge is 0.181 e. The van der Waals surface area contributed by atoms with Crippen LogP contribution < -0.4 is 10.6 Å². The van der Waals surface area contributed by atoms with Gasteiger partial charge < -0.3 is 15.4 Å². The molecule has 0 spiro atoms. The molecule has 1 aliphatic heterocycles. The molecule has 30 heavy (non-hydrogen) atoms.